The standard InChI is InChI=1S/C11H11BrFNO/c1-11(5-6-11)14-10(15)7-3-2-4-8(12)9(7)13/h2-4H,5-6H2,1H3,(H,14,15). The van der Waals surface area contributed by atoms with Crippen molar-refractivity contribution in [3.8, 4) is 0 Å². The molecule has 80 valence electrons. The SMILES string of the molecule is CC1(NC(=O)c2cccc(Br)c2F)CC1. The highest BCUT2D eigenvalue weighted by molar-refractivity contribution is 9.10. The number of hydrogen-bond donors (Lipinski definition) is 1. The lowest BCUT2D eigenvalue weighted by molar-refractivity contribution is 0.0931. The topological polar surface area (TPSA) is 29.1 Å². The van der Waals surface area contributed by atoms with Crippen LogP contribution in [0.2, 0.25) is 0 Å². The summed E-state index contributed by atoms with van der Waals surface area (Å²) in [6.07, 6.45) is 1.93. The summed E-state index contributed by atoms with van der Waals surface area (Å²) < 4.78 is 13.9. The number of carbonyl (C=O) groups excluding carboxylic acids is 1. The number of amides is 1. The summed E-state index contributed by atoms with van der Waals surface area (Å²) in [7, 11) is 0. The van der Waals surface area contributed by atoms with Crippen LogP contribution in [0.1, 0.15) is 30.1 Å². The Balaban J connectivity index is 2.21. The summed E-state index contributed by atoms with van der Waals surface area (Å²) in [4.78, 5) is 11.7. The molecule has 0 aliphatic heterocycles. The van der Waals surface area contributed by atoms with Crippen LogP contribution in [0.3, 0.4) is 0 Å². The maximum Gasteiger partial charge on any atom is 0.254 e. The fraction of sp³-hybridized carbons (Fsp3) is 0.364. The van der Waals surface area contributed by atoms with Gasteiger partial charge < -0.3 is 5.32 Å². The van der Waals surface area contributed by atoms with Crippen molar-refractivity contribution in [2.24, 2.45) is 0 Å². The Morgan fingerprint density at radius 2 is 2.20 bits per heavy atom. The molecule has 1 fully saturated rings. The van der Waals surface area contributed by atoms with E-state index >= 15 is 0 Å². The second kappa shape index (κ2) is 3.59. The zero-order valence-electron chi connectivity index (χ0n) is 8.31. The zero-order valence-corrected chi connectivity index (χ0v) is 9.90. The lowest BCUT2D eigenvalue weighted by Crippen LogP contribution is -2.34. The maximum atomic E-state index is 13.5. The summed E-state index contributed by atoms with van der Waals surface area (Å²) in [5.74, 6) is -0.840. The molecule has 2 rings (SSSR count). The fourth-order valence-corrected chi connectivity index (χ4v) is 1.70. The first-order chi connectivity index (χ1) is 7.02. The number of hydrogen-bond acceptors (Lipinski definition) is 1. The van der Waals surface area contributed by atoms with Crippen LogP contribution >= 0.6 is 15.9 Å². The van der Waals surface area contributed by atoms with Gasteiger partial charge in [0, 0.05) is 5.54 Å². The van der Waals surface area contributed by atoms with Gasteiger partial charge in [0.1, 0.15) is 5.82 Å². The van der Waals surface area contributed by atoms with Gasteiger partial charge in [0.25, 0.3) is 5.91 Å². The van der Waals surface area contributed by atoms with Crippen LogP contribution < -0.4 is 5.32 Å². The van der Waals surface area contributed by atoms with Gasteiger partial charge in [-0.2, -0.15) is 0 Å². The summed E-state index contributed by atoms with van der Waals surface area (Å²) in [5.41, 5.74) is -0.0243. The van der Waals surface area contributed by atoms with E-state index in [1.807, 2.05) is 6.92 Å². The van der Waals surface area contributed by atoms with Gasteiger partial charge in [-0.1, -0.05) is 6.07 Å². The molecule has 1 aliphatic carbocycles. The number of nitrogens with one attached hydrogen (secondary N) is 1. The minimum Gasteiger partial charge on any atom is -0.347 e. The van der Waals surface area contributed by atoms with Crippen LogP contribution in [0.15, 0.2) is 22.7 Å². The van der Waals surface area contributed by atoms with Crippen molar-refractivity contribution >= 4 is 21.8 Å². The van der Waals surface area contributed by atoms with Gasteiger partial charge in [-0.05, 0) is 47.8 Å². The predicted molar refractivity (Wildman–Crippen MR) is 59.2 cm³/mol. The highest BCUT2D eigenvalue weighted by atomic mass is 79.9. The summed E-state index contributed by atoms with van der Waals surface area (Å²) in [5, 5.41) is 2.81. The largest absolute Gasteiger partial charge is 0.347 e. The number of rotatable bonds is 2. The van der Waals surface area contributed by atoms with Crippen molar-refractivity contribution in [2.45, 2.75) is 25.3 Å². The fourth-order valence-electron chi connectivity index (χ4n) is 1.33. The third-order valence-electron chi connectivity index (χ3n) is 2.61. The van der Waals surface area contributed by atoms with Crippen molar-refractivity contribution in [1.29, 1.82) is 0 Å². The maximum absolute atomic E-state index is 13.5. The first-order valence-corrected chi connectivity index (χ1v) is 5.58. The molecule has 0 aromatic heterocycles. The van der Waals surface area contributed by atoms with Gasteiger partial charge in [0.15, 0.2) is 0 Å². The van der Waals surface area contributed by atoms with Crippen LogP contribution in [0.4, 0.5) is 4.39 Å². The molecule has 0 spiro atoms. The van der Waals surface area contributed by atoms with E-state index in [4.69, 9.17) is 0 Å². The molecule has 2 nitrogen and oxygen atoms in total. The van der Waals surface area contributed by atoms with E-state index in [2.05, 4.69) is 21.2 Å². The van der Waals surface area contributed by atoms with Crippen molar-refractivity contribution in [3.63, 3.8) is 0 Å². The summed E-state index contributed by atoms with van der Waals surface area (Å²) >= 11 is 3.05. The van der Waals surface area contributed by atoms with Crippen LogP contribution in [-0.2, 0) is 0 Å². The van der Waals surface area contributed by atoms with Crippen molar-refractivity contribution < 1.29 is 9.18 Å². The van der Waals surface area contributed by atoms with E-state index in [0.29, 0.717) is 4.47 Å². The Hall–Kier alpha value is -0.900. The first-order valence-electron chi connectivity index (χ1n) is 4.78. The van der Waals surface area contributed by atoms with Crippen LogP contribution in [-0.4, -0.2) is 11.4 Å². The Kier molecular flexibility index (Phi) is 2.54. The minimum absolute atomic E-state index is 0.0949. The third-order valence-corrected chi connectivity index (χ3v) is 3.22. The molecule has 4 heteroatoms. The Bertz CT molecular complexity index is 415. The third kappa shape index (κ3) is 2.20. The summed E-state index contributed by atoms with van der Waals surface area (Å²) in [6, 6.07) is 4.71. The molecule has 0 bridgehead atoms. The Morgan fingerprint density at radius 1 is 1.53 bits per heavy atom. The Labute approximate surface area is 96.0 Å². The van der Waals surface area contributed by atoms with E-state index in [1.54, 1.807) is 12.1 Å². The van der Waals surface area contributed by atoms with E-state index in [-0.39, 0.29) is 17.0 Å². The molecule has 0 atom stereocenters. The first kappa shape index (κ1) is 10.6. The van der Waals surface area contributed by atoms with E-state index < -0.39 is 5.82 Å². The molecular weight excluding hydrogens is 261 g/mol. The molecule has 1 aliphatic rings. The van der Waals surface area contributed by atoms with Gasteiger partial charge in [-0.25, -0.2) is 4.39 Å². The van der Waals surface area contributed by atoms with Gasteiger partial charge in [0.05, 0.1) is 10.0 Å². The minimum atomic E-state index is -0.501. The normalized spacial score (nSPS) is 17.3. The molecular formula is C11H11BrFNO. The average Bonchev–Trinajstić information content (AvgIpc) is 2.88. The number of benzene rings is 1. The zero-order chi connectivity index (χ0) is 11.1. The quantitative estimate of drug-likeness (QED) is 0.881. The smallest absolute Gasteiger partial charge is 0.254 e. The molecule has 0 heterocycles. The lowest BCUT2D eigenvalue weighted by Gasteiger charge is -2.12. The monoisotopic (exact) mass is 271 g/mol. The summed E-state index contributed by atoms with van der Waals surface area (Å²) in [6.45, 7) is 1.96. The highest BCUT2D eigenvalue weighted by Gasteiger charge is 2.39. The van der Waals surface area contributed by atoms with Gasteiger partial charge in [-0.3, -0.25) is 4.79 Å². The molecule has 1 amide bonds. The van der Waals surface area contributed by atoms with Crippen molar-refractivity contribution in [3.05, 3.63) is 34.1 Å². The molecule has 15 heavy (non-hydrogen) atoms. The van der Waals surface area contributed by atoms with Crippen LogP contribution in [0, 0.1) is 5.82 Å². The highest BCUT2D eigenvalue weighted by Crippen LogP contribution is 2.34. The van der Waals surface area contributed by atoms with Gasteiger partial charge in [-0.15, -0.1) is 0 Å². The number of halogens is 2. The van der Waals surface area contributed by atoms with Gasteiger partial charge in [0.2, 0.25) is 0 Å². The van der Waals surface area contributed by atoms with Crippen LogP contribution in [0.5, 0.6) is 0 Å². The predicted octanol–water partition coefficient (Wildman–Crippen LogP) is 2.87. The average molecular weight is 272 g/mol. The lowest BCUT2D eigenvalue weighted by atomic mass is 10.2. The second-order valence-corrected chi connectivity index (χ2v) is 4.97. The molecule has 1 N–H and O–H groups in total. The Morgan fingerprint density at radius 3 is 2.80 bits per heavy atom. The molecule has 1 aromatic carbocycles. The molecule has 1 saturated carbocycles. The van der Waals surface area contributed by atoms with Crippen molar-refractivity contribution in [1.82, 2.24) is 5.32 Å². The van der Waals surface area contributed by atoms with Crippen LogP contribution in [0.25, 0.3) is 0 Å². The molecule has 0 unspecified atom stereocenters. The molecule has 1 aromatic rings. The van der Waals surface area contributed by atoms with Gasteiger partial charge >= 0.3 is 0 Å². The second-order valence-electron chi connectivity index (χ2n) is 4.12. The number of carbonyl (C=O) groups is 1. The van der Waals surface area contributed by atoms with E-state index in [0.717, 1.165) is 12.8 Å². The van der Waals surface area contributed by atoms with E-state index in [9.17, 15) is 9.18 Å². The van der Waals surface area contributed by atoms with E-state index in [1.165, 1.54) is 6.07 Å². The molecule has 0 radical (unpaired) electrons. The van der Waals surface area contributed by atoms with Crippen molar-refractivity contribution in [2.75, 3.05) is 0 Å². The molecule has 0 saturated heterocycles.